The van der Waals surface area contributed by atoms with Crippen molar-refractivity contribution in [2.45, 2.75) is 0 Å². The minimum atomic E-state index is -0.684. The molecule has 0 atom stereocenters. The Bertz CT molecular complexity index is 706. The number of pyridine rings is 1. The van der Waals surface area contributed by atoms with E-state index in [-0.39, 0.29) is 22.0 Å². The van der Waals surface area contributed by atoms with Crippen LogP contribution in [0.25, 0.3) is 0 Å². The third-order valence-corrected chi connectivity index (χ3v) is 2.94. The molecule has 0 bridgehead atoms. The zero-order valence-electron chi connectivity index (χ0n) is 10.9. The fourth-order valence-corrected chi connectivity index (χ4v) is 1.82. The molecule has 0 aliphatic heterocycles. The van der Waals surface area contributed by atoms with E-state index < -0.39 is 17.7 Å². The van der Waals surface area contributed by atoms with Crippen LogP contribution < -0.4 is 5.32 Å². The molecule has 1 heterocycles. The molecule has 2 rings (SSSR count). The van der Waals surface area contributed by atoms with E-state index in [1.165, 1.54) is 37.6 Å². The van der Waals surface area contributed by atoms with Crippen LogP contribution in [0.2, 0.25) is 5.15 Å². The number of nitrogens with zero attached hydrogens (tertiary/aromatic N) is 1. The van der Waals surface area contributed by atoms with Crippen molar-refractivity contribution in [1.29, 1.82) is 0 Å². The molecule has 1 aromatic heterocycles. The van der Waals surface area contributed by atoms with Gasteiger partial charge in [0.2, 0.25) is 0 Å². The summed E-state index contributed by atoms with van der Waals surface area (Å²) in [7, 11) is 1.21. The number of methoxy groups -OCH3 is 1. The third kappa shape index (κ3) is 3.35. The van der Waals surface area contributed by atoms with Gasteiger partial charge >= 0.3 is 5.97 Å². The van der Waals surface area contributed by atoms with Crippen LogP contribution in [0.4, 0.5) is 10.1 Å². The summed E-state index contributed by atoms with van der Waals surface area (Å²) in [5.41, 5.74) is 0.0661. The molecule has 2 aromatic rings. The summed E-state index contributed by atoms with van der Waals surface area (Å²) in [5.74, 6) is -1.95. The predicted molar refractivity (Wildman–Crippen MR) is 74.9 cm³/mol. The summed E-state index contributed by atoms with van der Waals surface area (Å²) in [6.45, 7) is 0. The van der Waals surface area contributed by atoms with Crippen molar-refractivity contribution in [3.8, 4) is 0 Å². The normalized spacial score (nSPS) is 10.0. The number of amides is 1. The molecule has 0 radical (unpaired) electrons. The Hall–Kier alpha value is -2.47. The number of carbonyl (C=O) groups is 2. The molecule has 1 amide bonds. The second-order valence-electron chi connectivity index (χ2n) is 3.98. The van der Waals surface area contributed by atoms with Gasteiger partial charge in [-0.15, -0.1) is 0 Å². The molecule has 5 nitrogen and oxygen atoms in total. The molecule has 0 aliphatic carbocycles. The van der Waals surface area contributed by atoms with Crippen molar-refractivity contribution in [1.82, 2.24) is 4.98 Å². The molecule has 0 saturated heterocycles. The quantitative estimate of drug-likeness (QED) is 0.699. The van der Waals surface area contributed by atoms with Gasteiger partial charge in [-0.2, -0.15) is 0 Å². The van der Waals surface area contributed by atoms with Crippen molar-refractivity contribution in [2.75, 3.05) is 12.4 Å². The van der Waals surface area contributed by atoms with Gasteiger partial charge in [-0.1, -0.05) is 11.6 Å². The van der Waals surface area contributed by atoms with Crippen LogP contribution >= 0.6 is 11.6 Å². The van der Waals surface area contributed by atoms with Gasteiger partial charge in [0.05, 0.1) is 23.9 Å². The summed E-state index contributed by atoms with van der Waals surface area (Å²) >= 11 is 5.79. The Morgan fingerprint density at radius 3 is 2.76 bits per heavy atom. The lowest BCUT2D eigenvalue weighted by Crippen LogP contribution is -2.14. The Morgan fingerprint density at radius 1 is 1.33 bits per heavy atom. The number of hydrogen-bond acceptors (Lipinski definition) is 4. The molecule has 0 unspecified atom stereocenters. The Balaban J connectivity index is 2.29. The molecule has 1 aromatic carbocycles. The number of esters is 1. The number of carbonyl (C=O) groups excluding carboxylic acids is 2. The summed E-state index contributed by atoms with van der Waals surface area (Å²) in [6, 6.07) is 6.48. The van der Waals surface area contributed by atoms with Gasteiger partial charge in [-0.3, -0.25) is 4.79 Å². The van der Waals surface area contributed by atoms with E-state index >= 15 is 0 Å². The second kappa shape index (κ2) is 6.32. The highest BCUT2D eigenvalue weighted by molar-refractivity contribution is 6.33. The lowest BCUT2D eigenvalue weighted by molar-refractivity contribution is 0.0600. The lowest BCUT2D eigenvalue weighted by Gasteiger charge is -2.08. The Kier molecular flexibility index (Phi) is 4.49. The first kappa shape index (κ1) is 14.9. The van der Waals surface area contributed by atoms with Gasteiger partial charge in [0, 0.05) is 6.20 Å². The highest BCUT2D eigenvalue weighted by atomic mass is 35.5. The Labute approximate surface area is 124 Å². The van der Waals surface area contributed by atoms with E-state index in [4.69, 9.17) is 11.6 Å². The number of nitrogens with one attached hydrogen (secondary N) is 1. The van der Waals surface area contributed by atoms with Crippen molar-refractivity contribution in [2.24, 2.45) is 0 Å². The van der Waals surface area contributed by atoms with Crippen LogP contribution in [0.1, 0.15) is 20.7 Å². The number of rotatable bonds is 3. The Morgan fingerprint density at radius 2 is 2.10 bits per heavy atom. The van der Waals surface area contributed by atoms with E-state index in [2.05, 4.69) is 15.0 Å². The van der Waals surface area contributed by atoms with Gasteiger partial charge < -0.3 is 10.1 Å². The van der Waals surface area contributed by atoms with Crippen LogP contribution in [0, 0.1) is 5.82 Å². The van der Waals surface area contributed by atoms with Crippen molar-refractivity contribution in [3.63, 3.8) is 0 Å². The number of halogens is 2. The lowest BCUT2D eigenvalue weighted by atomic mass is 10.2. The highest BCUT2D eigenvalue weighted by Crippen LogP contribution is 2.19. The van der Waals surface area contributed by atoms with Crippen molar-refractivity contribution < 1.29 is 18.7 Å². The molecule has 0 spiro atoms. The molecule has 21 heavy (non-hydrogen) atoms. The molecular weight excluding hydrogens is 299 g/mol. The largest absolute Gasteiger partial charge is 0.465 e. The molecule has 0 aliphatic rings. The summed E-state index contributed by atoms with van der Waals surface area (Å²) < 4.78 is 18.2. The minimum absolute atomic E-state index is 0.000435. The van der Waals surface area contributed by atoms with E-state index in [1.54, 1.807) is 0 Å². The molecule has 108 valence electrons. The van der Waals surface area contributed by atoms with Gasteiger partial charge in [-0.25, -0.2) is 14.2 Å². The summed E-state index contributed by atoms with van der Waals surface area (Å²) in [5, 5.41) is 2.34. The first-order valence-electron chi connectivity index (χ1n) is 5.82. The zero-order valence-corrected chi connectivity index (χ0v) is 11.6. The minimum Gasteiger partial charge on any atom is -0.465 e. The zero-order chi connectivity index (χ0) is 15.4. The number of benzene rings is 1. The van der Waals surface area contributed by atoms with Crippen LogP contribution in [-0.4, -0.2) is 24.0 Å². The van der Waals surface area contributed by atoms with Crippen molar-refractivity contribution in [3.05, 3.63) is 58.6 Å². The van der Waals surface area contributed by atoms with E-state index in [9.17, 15) is 14.0 Å². The van der Waals surface area contributed by atoms with Gasteiger partial charge in [0.25, 0.3) is 5.91 Å². The average molecular weight is 309 g/mol. The number of ether oxygens (including phenoxy) is 1. The molecule has 7 heteroatoms. The average Bonchev–Trinajstić information content (AvgIpc) is 2.49. The van der Waals surface area contributed by atoms with E-state index in [0.717, 1.165) is 6.07 Å². The standard InChI is InChI=1S/C14H10ClFN2O3/c1-21-14(20)8-4-5-10(16)11(7-8)18-13(19)9-3-2-6-17-12(9)15/h2-7H,1H3,(H,18,19). The second-order valence-corrected chi connectivity index (χ2v) is 4.34. The molecule has 1 N–H and O–H groups in total. The molecular formula is C14H10ClFN2O3. The van der Waals surface area contributed by atoms with E-state index in [1.807, 2.05) is 0 Å². The van der Waals surface area contributed by atoms with Gasteiger partial charge in [0.15, 0.2) is 0 Å². The van der Waals surface area contributed by atoms with Crippen LogP contribution in [0.5, 0.6) is 0 Å². The molecule has 0 fully saturated rings. The number of aromatic nitrogens is 1. The van der Waals surface area contributed by atoms with Crippen LogP contribution in [0.15, 0.2) is 36.5 Å². The van der Waals surface area contributed by atoms with Crippen molar-refractivity contribution >= 4 is 29.2 Å². The fourth-order valence-electron chi connectivity index (χ4n) is 1.61. The topological polar surface area (TPSA) is 68.3 Å². The molecule has 0 saturated carbocycles. The van der Waals surface area contributed by atoms with E-state index in [0.29, 0.717) is 0 Å². The van der Waals surface area contributed by atoms with Gasteiger partial charge in [-0.05, 0) is 30.3 Å². The number of hydrogen-bond donors (Lipinski definition) is 1. The third-order valence-electron chi connectivity index (χ3n) is 2.64. The fraction of sp³-hybridized carbons (Fsp3) is 0.0714. The number of anilines is 1. The maximum atomic E-state index is 13.7. The summed E-state index contributed by atoms with van der Waals surface area (Å²) in [6.07, 6.45) is 1.43. The summed E-state index contributed by atoms with van der Waals surface area (Å²) in [4.78, 5) is 27.2. The monoisotopic (exact) mass is 308 g/mol. The first-order chi connectivity index (χ1) is 10.0. The first-order valence-corrected chi connectivity index (χ1v) is 6.20. The van der Waals surface area contributed by atoms with Crippen LogP contribution in [-0.2, 0) is 4.74 Å². The maximum absolute atomic E-state index is 13.7. The predicted octanol–water partition coefficient (Wildman–Crippen LogP) is 2.91. The highest BCUT2D eigenvalue weighted by Gasteiger charge is 2.15. The SMILES string of the molecule is COC(=O)c1ccc(F)c(NC(=O)c2cccnc2Cl)c1. The van der Waals surface area contributed by atoms with Crippen LogP contribution in [0.3, 0.4) is 0 Å². The maximum Gasteiger partial charge on any atom is 0.337 e. The smallest absolute Gasteiger partial charge is 0.337 e. The van der Waals surface area contributed by atoms with Gasteiger partial charge in [0.1, 0.15) is 11.0 Å².